The SMILES string of the molecule is CC1(C)CC(Nc2cc(N)ccn2)CC(C)(C)C1. The van der Waals surface area contributed by atoms with Gasteiger partial charge in [0.1, 0.15) is 5.82 Å². The number of nitrogen functional groups attached to an aromatic ring is 1. The number of nitrogens with zero attached hydrogens (tertiary/aromatic N) is 1. The molecule has 0 atom stereocenters. The van der Waals surface area contributed by atoms with Gasteiger partial charge in [-0.25, -0.2) is 4.98 Å². The molecular formula is C15H25N3. The molecule has 0 amide bonds. The number of hydrogen-bond donors (Lipinski definition) is 2. The van der Waals surface area contributed by atoms with E-state index in [9.17, 15) is 0 Å². The van der Waals surface area contributed by atoms with E-state index in [1.807, 2.05) is 12.1 Å². The van der Waals surface area contributed by atoms with Crippen LogP contribution in [0.3, 0.4) is 0 Å². The van der Waals surface area contributed by atoms with Crippen LogP contribution in [0.25, 0.3) is 0 Å². The van der Waals surface area contributed by atoms with Crippen molar-refractivity contribution in [2.45, 2.75) is 53.0 Å². The average molecular weight is 247 g/mol. The van der Waals surface area contributed by atoms with Crippen molar-refractivity contribution in [3.63, 3.8) is 0 Å². The number of pyridine rings is 1. The molecular weight excluding hydrogens is 222 g/mol. The highest BCUT2D eigenvalue weighted by atomic mass is 15.0. The van der Waals surface area contributed by atoms with E-state index in [4.69, 9.17) is 5.73 Å². The summed E-state index contributed by atoms with van der Waals surface area (Å²) < 4.78 is 0. The van der Waals surface area contributed by atoms with E-state index in [1.165, 1.54) is 19.3 Å². The first-order chi connectivity index (χ1) is 8.26. The van der Waals surface area contributed by atoms with Gasteiger partial charge in [-0.1, -0.05) is 27.7 Å². The van der Waals surface area contributed by atoms with Gasteiger partial charge in [-0.15, -0.1) is 0 Å². The zero-order valence-corrected chi connectivity index (χ0v) is 12.0. The molecule has 3 heteroatoms. The third-order valence-electron chi connectivity index (χ3n) is 3.69. The van der Waals surface area contributed by atoms with Crippen molar-refractivity contribution in [2.24, 2.45) is 10.8 Å². The minimum Gasteiger partial charge on any atom is -0.399 e. The molecule has 0 unspecified atom stereocenters. The Morgan fingerprint density at radius 3 is 2.39 bits per heavy atom. The second-order valence-corrected chi connectivity index (χ2v) is 7.23. The smallest absolute Gasteiger partial charge is 0.128 e. The van der Waals surface area contributed by atoms with E-state index < -0.39 is 0 Å². The van der Waals surface area contributed by atoms with Crippen molar-refractivity contribution >= 4 is 11.5 Å². The van der Waals surface area contributed by atoms with Crippen molar-refractivity contribution in [2.75, 3.05) is 11.1 Å². The molecule has 0 bridgehead atoms. The van der Waals surface area contributed by atoms with Gasteiger partial charge in [0.25, 0.3) is 0 Å². The third kappa shape index (κ3) is 3.37. The van der Waals surface area contributed by atoms with Gasteiger partial charge in [0.05, 0.1) is 0 Å². The fourth-order valence-electron chi connectivity index (χ4n) is 3.68. The van der Waals surface area contributed by atoms with Crippen LogP contribution in [0.1, 0.15) is 47.0 Å². The Hall–Kier alpha value is -1.25. The van der Waals surface area contributed by atoms with Crippen molar-refractivity contribution in [1.82, 2.24) is 4.98 Å². The lowest BCUT2D eigenvalue weighted by molar-refractivity contribution is 0.105. The first-order valence-electron chi connectivity index (χ1n) is 6.74. The highest BCUT2D eigenvalue weighted by Gasteiger charge is 2.38. The van der Waals surface area contributed by atoms with Gasteiger partial charge in [-0.05, 0) is 36.2 Å². The van der Waals surface area contributed by atoms with Gasteiger partial charge in [0, 0.05) is 24.0 Å². The van der Waals surface area contributed by atoms with Gasteiger partial charge in [-0.3, -0.25) is 0 Å². The fourth-order valence-corrected chi connectivity index (χ4v) is 3.68. The van der Waals surface area contributed by atoms with Crippen LogP contribution < -0.4 is 11.1 Å². The highest BCUT2D eigenvalue weighted by molar-refractivity contribution is 5.48. The Balaban J connectivity index is 2.09. The normalized spacial score (nSPS) is 22.7. The van der Waals surface area contributed by atoms with Crippen LogP contribution in [0.4, 0.5) is 11.5 Å². The predicted octanol–water partition coefficient (Wildman–Crippen LogP) is 3.68. The largest absolute Gasteiger partial charge is 0.399 e. The van der Waals surface area contributed by atoms with Gasteiger partial charge in [0.15, 0.2) is 0 Å². The Labute approximate surface area is 110 Å². The van der Waals surface area contributed by atoms with Crippen molar-refractivity contribution < 1.29 is 0 Å². The van der Waals surface area contributed by atoms with Crippen molar-refractivity contribution in [3.8, 4) is 0 Å². The molecule has 0 radical (unpaired) electrons. The number of nitrogens with one attached hydrogen (secondary N) is 1. The monoisotopic (exact) mass is 247 g/mol. The molecule has 1 aliphatic carbocycles. The second kappa shape index (κ2) is 4.45. The van der Waals surface area contributed by atoms with Crippen LogP contribution in [0, 0.1) is 10.8 Å². The summed E-state index contributed by atoms with van der Waals surface area (Å²) in [4.78, 5) is 4.34. The Morgan fingerprint density at radius 1 is 1.22 bits per heavy atom. The van der Waals surface area contributed by atoms with Crippen molar-refractivity contribution in [3.05, 3.63) is 18.3 Å². The molecule has 0 aromatic carbocycles. The summed E-state index contributed by atoms with van der Waals surface area (Å²) in [6.07, 6.45) is 5.42. The fraction of sp³-hybridized carbons (Fsp3) is 0.667. The minimum absolute atomic E-state index is 0.389. The molecule has 3 N–H and O–H groups in total. The quantitative estimate of drug-likeness (QED) is 0.838. The van der Waals surface area contributed by atoms with E-state index in [1.54, 1.807) is 6.20 Å². The molecule has 1 saturated carbocycles. The van der Waals surface area contributed by atoms with Crippen LogP contribution in [-0.2, 0) is 0 Å². The maximum atomic E-state index is 5.79. The minimum atomic E-state index is 0.389. The van der Waals surface area contributed by atoms with E-state index >= 15 is 0 Å². The van der Waals surface area contributed by atoms with Gasteiger partial charge >= 0.3 is 0 Å². The van der Waals surface area contributed by atoms with E-state index in [2.05, 4.69) is 38.0 Å². The molecule has 2 rings (SSSR count). The van der Waals surface area contributed by atoms with Crippen LogP contribution in [0.15, 0.2) is 18.3 Å². The van der Waals surface area contributed by atoms with Crippen LogP contribution in [0.5, 0.6) is 0 Å². The molecule has 1 heterocycles. The molecule has 1 aliphatic rings. The summed E-state index contributed by atoms with van der Waals surface area (Å²) in [5.41, 5.74) is 7.33. The summed E-state index contributed by atoms with van der Waals surface area (Å²) in [5, 5.41) is 3.54. The predicted molar refractivity (Wildman–Crippen MR) is 77.5 cm³/mol. The van der Waals surface area contributed by atoms with Gasteiger partial charge in [0.2, 0.25) is 0 Å². The lowest BCUT2D eigenvalue weighted by Gasteiger charge is -2.45. The molecule has 18 heavy (non-hydrogen) atoms. The Kier molecular flexibility index (Phi) is 3.26. The number of hydrogen-bond acceptors (Lipinski definition) is 3. The summed E-state index contributed by atoms with van der Waals surface area (Å²) in [5.74, 6) is 0.897. The van der Waals surface area contributed by atoms with E-state index in [0.717, 1.165) is 11.5 Å². The van der Waals surface area contributed by atoms with Gasteiger partial charge in [-0.2, -0.15) is 0 Å². The molecule has 1 aromatic heterocycles. The number of rotatable bonds is 2. The first kappa shape index (κ1) is 13.2. The molecule has 0 saturated heterocycles. The zero-order chi connectivity index (χ0) is 13.4. The van der Waals surface area contributed by atoms with E-state index in [0.29, 0.717) is 16.9 Å². The molecule has 1 fully saturated rings. The molecule has 3 nitrogen and oxygen atoms in total. The number of aromatic nitrogens is 1. The summed E-state index contributed by atoms with van der Waals surface area (Å²) in [6.45, 7) is 9.43. The Bertz CT molecular complexity index is 408. The summed E-state index contributed by atoms with van der Waals surface area (Å²) in [7, 11) is 0. The third-order valence-corrected chi connectivity index (χ3v) is 3.69. The Morgan fingerprint density at radius 2 is 1.83 bits per heavy atom. The summed E-state index contributed by atoms with van der Waals surface area (Å²) >= 11 is 0. The molecule has 0 spiro atoms. The molecule has 0 aliphatic heterocycles. The van der Waals surface area contributed by atoms with Crippen molar-refractivity contribution in [1.29, 1.82) is 0 Å². The average Bonchev–Trinajstić information content (AvgIpc) is 2.11. The van der Waals surface area contributed by atoms with Crippen LogP contribution in [0.2, 0.25) is 0 Å². The maximum absolute atomic E-state index is 5.79. The van der Waals surface area contributed by atoms with Crippen LogP contribution in [-0.4, -0.2) is 11.0 Å². The summed E-state index contributed by atoms with van der Waals surface area (Å²) in [6, 6.07) is 4.21. The maximum Gasteiger partial charge on any atom is 0.128 e. The number of anilines is 2. The van der Waals surface area contributed by atoms with Crippen LogP contribution >= 0.6 is 0 Å². The number of nitrogens with two attached hydrogens (primary N) is 1. The topological polar surface area (TPSA) is 50.9 Å². The lowest BCUT2D eigenvalue weighted by Crippen LogP contribution is -2.40. The second-order valence-electron chi connectivity index (χ2n) is 7.23. The van der Waals surface area contributed by atoms with Gasteiger partial charge < -0.3 is 11.1 Å². The molecule has 100 valence electrons. The standard InChI is InChI=1S/C15H25N3/c1-14(2)8-12(9-15(3,4)10-14)18-13-7-11(16)5-6-17-13/h5-7,12H,8-10H2,1-4H3,(H3,16,17,18). The first-order valence-corrected chi connectivity index (χ1v) is 6.74. The highest BCUT2D eigenvalue weighted by Crippen LogP contribution is 2.46. The molecule has 1 aromatic rings. The zero-order valence-electron chi connectivity index (χ0n) is 12.0. The lowest BCUT2D eigenvalue weighted by atomic mass is 9.63. The van der Waals surface area contributed by atoms with E-state index in [-0.39, 0.29) is 0 Å².